The van der Waals surface area contributed by atoms with Crippen LogP contribution in [-0.4, -0.2) is 15.2 Å². The number of rotatable bonds is 3. The molecule has 0 amide bonds. The summed E-state index contributed by atoms with van der Waals surface area (Å²) < 4.78 is 7.28. The lowest BCUT2D eigenvalue weighted by molar-refractivity contribution is 0.104. The Labute approximate surface area is 132 Å². The molecule has 0 spiro atoms. The molecule has 0 N–H and O–H groups in total. The number of hydrogen-bond donors (Lipinski definition) is 0. The molecule has 0 atom stereocenters. The van der Waals surface area contributed by atoms with Gasteiger partial charge in [-0.3, -0.25) is 9.20 Å². The molecule has 3 aromatic rings. The number of furan rings is 1. The molecule has 5 heteroatoms. The maximum atomic E-state index is 12.5. The fourth-order valence-corrected chi connectivity index (χ4v) is 4.15. The normalized spacial score (nSPS) is 15.3. The molecule has 4 rings (SSSR count). The molecular formula is C17H16N2O2S. The molecule has 0 unspecified atom stereocenters. The van der Waals surface area contributed by atoms with E-state index in [4.69, 9.17) is 4.42 Å². The zero-order chi connectivity index (χ0) is 14.9. The Bertz CT molecular complexity index is 840. The third kappa shape index (κ3) is 2.31. The highest BCUT2D eigenvalue weighted by molar-refractivity contribution is 7.17. The monoisotopic (exact) mass is 312 g/mol. The summed E-state index contributed by atoms with van der Waals surface area (Å²) >= 11 is 1.72. The Hall–Kier alpha value is -2.14. The van der Waals surface area contributed by atoms with Gasteiger partial charge in [-0.05, 0) is 50.0 Å². The smallest absolute Gasteiger partial charge is 0.204 e. The number of carbonyl (C=O) groups is 1. The summed E-state index contributed by atoms with van der Waals surface area (Å²) in [6.45, 7) is 0. The minimum Gasteiger partial charge on any atom is -0.465 e. The Kier molecular flexibility index (Phi) is 3.42. The number of hydrogen-bond acceptors (Lipinski definition) is 4. The average molecular weight is 312 g/mol. The van der Waals surface area contributed by atoms with Crippen LogP contribution in [0.2, 0.25) is 0 Å². The van der Waals surface area contributed by atoms with Crippen molar-refractivity contribution in [2.45, 2.75) is 32.1 Å². The molecule has 4 nitrogen and oxygen atoms in total. The van der Waals surface area contributed by atoms with Crippen molar-refractivity contribution >= 4 is 28.2 Å². The average Bonchev–Trinajstić information content (AvgIpc) is 3.20. The van der Waals surface area contributed by atoms with E-state index in [0.29, 0.717) is 11.5 Å². The summed E-state index contributed by atoms with van der Waals surface area (Å²) in [6, 6.07) is 3.63. The Morgan fingerprint density at radius 1 is 1.32 bits per heavy atom. The summed E-state index contributed by atoms with van der Waals surface area (Å²) in [4.78, 5) is 19.2. The molecule has 0 fully saturated rings. The summed E-state index contributed by atoms with van der Waals surface area (Å²) in [7, 11) is 0. The Balaban J connectivity index is 1.72. The van der Waals surface area contributed by atoms with Gasteiger partial charge in [0.25, 0.3) is 0 Å². The Morgan fingerprint density at radius 3 is 3.09 bits per heavy atom. The van der Waals surface area contributed by atoms with Gasteiger partial charge in [0.2, 0.25) is 5.78 Å². The highest BCUT2D eigenvalue weighted by Gasteiger charge is 2.20. The SMILES string of the molecule is O=C(/C=C/c1ccco1)c1cnc2sc3c(n12)CCCCC3. The van der Waals surface area contributed by atoms with E-state index in [0.717, 1.165) is 17.8 Å². The predicted octanol–water partition coefficient (Wildman–Crippen LogP) is 4.15. The van der Waals surface area contributed by atoms with Crippen molar-refractivity contribution in [1.82, 2.24) is 9.38 Å². The second-order valence-electron chi connectivity index (χ2n) is 5.51. The van der Waals surface area contributed by atoms with Crippen LogP contribution in [-0.2, 0) is 12.8 Å². The molecule has 0 radical (unpaired) electrons. The number of aryl methyl sites for hydroxylation is 2. The first-order chi connectivity index (χ1) is 10.8. The van der Waals surface area contributed by atoms with Crippen LogP contribution in [0.5, 0.6) is 0 Å². The maximum Gasteiger partial charge on any atom is 0.204 e. The van der Waals surface area contributed by atoms with Gasteiger partial charge in [-0.25, -0.2) is 4.98 Å². The third-order valence-electron chi connectivity index (χ3n) is 4.05. The number of carbonyl (C=O) groups excluding carboxylic acids is 1. The van der Waals surface area contributed by atoms with Crippen molar-refractivity contribution in [3.05, 3.63) is 52.7 Å². The van der Waals surface area contributed by atoms with Gasteiger partial charge >= 0.3 is 0 Å². The van der Waals surface area contributed by atoms with E-state index in [2.05, 4.69) is 9.38 Å². The molecule has 0 saturated carbocycles. The number of nitrogens with zero attached hydrogens (tertiary/aromatic N) is 2. The van der Waals surface area contributed by atoms with Crippen LogP contribution in [0.1, 0.15) is 46.1 Å². The zero-order valence-electron chi connectivity index (χ0n) is 12.1. The molecule has 22 heavy (non-hydrogen) atoms. The molecule has 3 heterocycles. The highest BCUT2D eigenvalue weighted by atomic mass is 32.1. The van der Waals surface area contributed by atoms with Crippen molar-refractivity contribution in [1.29, 1.82) is 0 Å². The quantitative estimate of drug-likeness (QED) is 0.414. The van der Waals surface area contributed by atoms with Crippen LogP contribution in [0, 0.1) is 0 Å². The molecule has 112 valence electrons. The van der Waals surface area contributed by atoms with E-state index in [1.807, 2.05) is 6.07 Å². The van der Waals surface area contributed by atoms with Gasteiger partial charge in [-0.2, -0.15) is 0 Å². The van der Waals surface area contributed by atoms with E-state index in [1.54, 1.807) is 42.0 Å². The number of allylic oxidation sites excluding steroid dienone is 1. The molecule has 1 aliphatic carbocycles. The van der Waals surface area contributed by atoms with E-state index < -0.39 is 0 Å². The molecule has 0 aliphatic heterocycles. The fourth-order valence-electron chi connectivity index (χ4n) is 2.97. The number of ketones is 1. The molecule has 0 saturated heterocycles. The molecule has 0 bridgehead atoms. The molecular weight excluding hydrogens is 296 g/mol. The van der Waals surface area contributed by atoms with Crippen molar-refractivity contribution in [2.75, 3.05) is 0 Å². The molecule has 0 aromatic carbocycles. The Morgan fingerprint density at radius 2 is 2.23 bits per heavy atom. The minimum absolute atomic E-state index is 0.0336. The summed E-state index contributed by atoms with van der Waals surface area (Å²) in [5.41, 5.74) is 1.93. The van der Waals surface area contributed by atoms with Gasteiger partial charge in [0.15, 0.2) is 4.96 Å². The number of imidazole rings is 1. The van der Waals surface area contributed by atoms with Crippen LogP contribution < -0.4 is 0 Å². The van der Waals surface area contributed by atoms with Gasteiger partial charge < -0.3 is 4.42 Å². The van der Waals surface area contributed by atoms with E-state index >= 15 is 0 Å². The van der Waals surface area contributed by atoms with Gasteiger partial charge in [0.05, 0.1) is 12.5 Å². The van der Waals surface area contributed by atoms with E-state index in [1.165, 1.54) is 29.8 Å². The maximum absolute atomic E-state index is 12.5. The number of thiazole rings is 1. The van der Waals surface area contributed by atoms with Crippen molar-refractivity contribution < 1.29 is 9.21 Å². The zero-order valence-corrected chi connectivity index (χ0v) is 12.9. The van der Waals surface area contributed by atoms with Crippen LogP contribution in [0.4, 0.5) is 0 Å². The first-order valence-electron chi connectivity index (χ1n) is 7.57. The van der Waals surface area contributed by atoms with Crippen LogP contribution in [0.3, 0.4) is 0 Å². The second kappa shape index (κ2) is 5.57. The number of fused-ring (bicyclic) bond motifs is 3. The largest absolute Gasteiger partial charge is 0.465 e. The summed E-state index contributed by atoms with van der Waals surface area (Å²) in [5, 5.41) is 0. The van der Waals surface area contributed by atoms with Gasteiger partial charge in [-0.1, -0.05) is 6.42 Å². The summed E-state index contributed by atoms with van der Waals surface area (Å²) in [6.07, 6.45) is 12.4. The van der Waals surface area contributed by atoms with Crippen LogP contribution in [0.15, 0.2) is 35.1 Å². The highest BCUT2D eigenvalue weighted by Crippen LogP contribution is 2.30. The first kappa shape index (κ1) is 13.5. The van der Waals surface area contributed by atoms with Crippen molar-refractivity contribution in [2.24, 2.45) is 0 Å². The van der Waals surface area contributed by atoms with Gasteiger partial charge in [0, 0.05) is 10.6 Å². The van der Waals surface area contributed by atoms with E-state index in [9.17, 15) is 4.79 Å². The lowest BCUT2D eigenvalue weighted by atomic mass is 10.2. The lowest BCUT2D eigenvalue weighted by Crippen LogP contribution is -2.03. The topological polar surface area (TPSA) is 47.5 Å². The third-order valence-corrected chi connectivity index (χ3v) is 5.20. The van der Waals surface area contributed by atoms with Gasteiger partial charge in [-0.15, -0.1) is 11.3 Å². The lowest BCUT2D eigenvalue weighted by Gasteiger charge is -2.01. The predicted molar refractivity (Wildman–Crippen MR) is 86.4 cm³/mol. The molecule has 3 aromatic heterocycles. The van der Waals surface area contributed by atoms with Crippen molar-refractivity contribution in [3.8, 4) is 0 Å². The first-order valence-corrected chi connectivity index (χ1v) is 8.38. The van der Waals surface area contributed by atoms with Crippen molar-refractivity contribution in [3.63, 3.8) is 0 Å². The fraction of sp³-hybridized carbons (Fsp3) is 0.294. The van der Waals surface area contributed by atoms with E-state index in [-0.39, 0.29) is 5.78 Å². The standard InChI is InChI=1S/C17H16N2O2S/c20-15(9-8-12-5-4-10-21-12)14-11-18-17-19(14)13-6-2-1-3-7-16(13)22-17/h4-5,8-11H,1-3,6-7H2/b9-8+. The minimum atomic E-state index is -0.0336. The second-order valence-corrected chi connectivity index (χ2v) is 6.57. The molecule has 1 aliphatic rings. The van der Waals surface area contributed by atoms with Crippen LogP contribution in [0.25, 0.3) is 11.0 Å². The number of aromatic nitrogens is 2. The van der Waals surface area contributed by atoms with Crippen LogP contribution >= 0.6 is 11.3 Å². The van der Waals surface area contributed by atoms with Gasteiger partial charge in [0.1, 0.15) is 11.5 Å². The summed E-state index contributed by atoms with van der Waals surface area (Å²) in [5.74, 6) is 0.645.